The molecule has 0 spiro atoms. The highest BCUT2D eigenvalue weighted by atomic mass is 32.2. The molecule has 2 N–H and O–H groups in total. The third kappa shape index (κ3) is 2.84. The molecule has 2 aliphatic heterocycles. The van der Waals surface area contributed by atoms with Gasteiger partial charge in [0.15, 0.2) is 0 Å². The van der Waals surface area contributed by atoms with Crippen LogP contribution < -0.4 is 4.65 Å². The number of fused-ring (bicyclic) bond motifs is 3. The molecule has 1 fully saturated rings. The molecular weight excluding hydrogens is 353 g/mol. The molecule has 0 bridgehead atoms. The zero-order valence-corrected chi connectivity index (χ0v) is 15.7. The standard InChI is InChI=1S/C17H22BN3O4S/c1-3-26(23,24)21-7-5-11(2)14(10-21)13-8-18(22)25-15-9-20-17-12(16(13)15)4-6-19-17/h4,6,8-9,11,14,22H,3,5,7,10H2,1-2H3,(H,19,20). The first-order valence-electron chi connectivity index (χ1n) is 8.91. The molecule has 0 aliphatic carbocycles. The van der Waals surface area contributed by atoms with Gasteiger partial charge in [-0.3, -0.25) is 0 Å². The topological polar surface area (TPSA) is 95.5 Å². The Bertz CT molecular complexity index is 972. The number of aromatic nitrogens is 2. The molecule has 2 atom stereocenters. The van der Waals surface area contributed by atoms with Crippen LogP contribution in [0.15, 0.2) is 24.4 Å². The summed E-state index contributed by atoms with van der Waals surface area (Å²) >= 11 is 0. The van der Waals surface area contributed by atoms with Crippen molar-refractivity contribution in [2.75, 3.05) is 18.8 Å². The number of pyridine rings is 1. The van der Waals surface area contributed by atoms with Gasteiger partial charge in [-0.15, -0.1) is 0 Å². The van der Waals surface area contributed by atoms with Crippen LogP contribution in [0.25, 0.3) is 16.6 Å². The highest BCUT2D eigenvalue weighted by Crippen LogP contribution is 2.43. The summed E-state index contributed by atoms with van der Waals surface area (Å²) in [6, 6.07) is 1.93. The Morgan fingerprint density at radius 2 is 2.31 bits per heavy atom. The summed E-state index contributed by atoms with van der Waals surface area (Å²) in [4.78, 5) is 7.42. The number of H-pyrrole nitrogens is 1. The Morgan fingerprint density at radius 3 is 3.08 bits per heavy atom. The van der Waals surface area contributed by atoms with Gasteiger partial charge in [-0.2, -0.15) is 0 Å². The quantitative estimate of drug-likeness (QED) is 0.796. The van der Waals surface area contributed by atoms with Gasteiger partial charge in [0.05, 0.1) is 11.9 Å². The fourth-order valence-electron chi connectivity index (χ4n) is 3.97. The molecule has 0 saturated carbocycles. The molecule has 1 saturated heterocycles. The normalized spacial score (nSPS) is 24.3. The van der Waals surface area contributed by atoms with Gasteiger partial charge >= 0.3 is 7.12 Å². The SMILES string of the molecule is CCS(=O)(=O)N1CCC(C)C(C2=CB(O)Oc3cnc4[nH]ccc4c32)C1. The summed E-state index contributed by atoms with van der Waals surface area (Å²) in [5, 5.41) is 11.1. The van der Waals surface area contributed by atoms with Crippen LogP contribution in [0.2, 0.25) is 0 Å². The molecule has 2 aromatic rings. The zero-order chi connectivity index (χ0) is 18.5. The average molecular weight is 375 g/mol. The maximum atomic E-state index is 12.4. The molecule has 0 aromatic carbocycles. The summed E-state index contributed by atoms with van der Waals surface area (Å²) in [5.41, 5.74) is 2.58. The van der Waals surface area contributed by atoms with Crippen LogP contribution >= 0.6 is 0 Å². The van der Waals surface area contributed by atoms with Crippen molar-refractivity contribution >= 4 is 33.7 Å². The number of hydrogen-bond donors (Lipinski definition) is 2. The van der Waals surface area contributed by atoms with Gasteiger partial charge in [0.2, 0.25) is 10.0 Å². The lowest BCUT2D eigenvalue weighted by Gasteiger charge is -2.39. The van der Waals surface area contributed by atoms with Crippen molar-refractivity contribution in [3.8, 4) is 5.75 Å². The fourth-order valence-corrected chi connectivity index (χ4v) is 5.10. The van der Waals surface area contributed by atoms with Crippen LogP contribution in [0.4, 0.5) is 0 Å². The molecule has 138 valence electrons. The number of nitrogens with zero attached hydrogens (tertiary/aromatic N) is 2. The molecule has 0 amide bonds. The van der Waals surface area contributed by atoms with E-state index in [-0.39, 0.29) is 11.7 Å². The van der Waals surface area contributed by atoms with Crippen molar-refractivity contribution in [1.82, 2.24) is 14.3 Å². The van der Waals surface area contributed by atoms with Gasteiger partial charge in [0.1, 0.15) is 11.4 Å². The molecule has 4 heterocycles. The number of nitrogens with one attached hydrogen (secondary N) is 1. The second-order valence-electron chi connectivity index (χ2n) is 7.00. The Morgan fingerprint density at radius 1 is 1.50 bits per heavy atom. The van der Waals surface area contributed by atoms with E-state index in [2.05, 4.69) is 16.9 Å². The van der Waals surface area contributed by atoms with Crippen LogP contribution in [0.5, 0.6) is 5.75 Å². The molecule has 2 aromatic heterocycles. The summed E-state index contributed by atoms with van der Waals surface area (Å²) < 4.78 is 31.9. The van der Waals surface area contributed by atoms with E-state index in [1.165, 1.54) is 0 Å². The average Bonchev–Trinajstić information content (AvgIpc) is 3.09. The monoisotopic (exact) mass is 375 g/mol. The van der Waals surface area contributed by atoms with E-state index < -0.39 is 17.1 Å². The minimum atomic E-state index is -3.24. The van der Waals surface area contributed by atoms with Gasteiger partial charge < -0.3 is 14.7 Å². The van der Waals surface area contributed by atoms with Gasteiger partial charge in [0, 0.05) is 36.2 Å². The van der Waals surface area contributed by atoms with E-state index in [0.717, 1.165) is 28.6 Å². The Hall–Kier alpha value is -1.84. The maximum absolute atomic E-state index is 12.4. The minimum Gasteiger partial charge on any atom is -0.531 e. The number of rotatable bonds is 3. The molecule has 4 rings (SSSR count). The minimum absolute atomic E-state index is 0.0112. The Kier molecular flexibility index (Phi) is 4.33. The molecular formula is C17H22BN3O4S. The predicted molar refractivity (Wildman–Crippen MR) is 101 cm³/mol. The summed E-state index contributed by atoms with van der Waals surface area (Å²) in [7, 11) is -4.30. The van der Waals surface area contributed by atoms with Gasteiger partial charge in [-0.1, -0.05) is 6.92 Å². The van der Waals surface area contributed by atoms with Crippen molar-refractivity contribution in [2.45, 2.75) is 20.3 Å². The fraction of sp³-hybridized carbons (Fsp3) is 0.471. The smallest absolute Gasteiger partial charge is 0.531 e. The second-order valence-corrected chi connectivity index (χ2v) is 9.26. The largest absolute Gasteiger partial charge is 0.552 e. The van der Waals surface area contributed by atoms with E-state index in [9.17, 15) is 13.4 Å². The maximum Gasteiger partial charge on any atom is 0.552 e. The van der Waals surface area contributed by atoms with E-state index in [0.29, 0.717) is 24.8 Å². The Labute approximate surface area is 153 Å². The lowest BCUT2D eigenvalue weighted by atomic mass is 9.72. The zero-order valence-electron chi connectivity index (χ0n) is 14.8. The summed E-state index contributed by atoms with van der Waals surface area (Å²) in [6.45, 7) is 4.77. The highest BCUT2D eigenvalue weighted by molar-refractivity contribution is 7.89. The van der Waals surface area contributed by atoms with Crippen LogP contribution in [-0.4, -0.2) is 53.7 Å². The third-order valence-electron chi connectivity index (χ3n) is 5.49. The number of piperidine rings is 1. The van der Waals surface area contributed by atoms with E-state index in [4.69, 9.17) is 4.65 Å². The second kappa shape index (κ2) is 6.40. The van der Waals surface area contributed by atoms with E-state index in [1.54, 1.807) is 23.4 Å². The van der Waals surface area contributed by atoms with Crippen molar-refractivity contribution in [1.29, 1.82) is 0 Å². The highest BCUT2D eigenvalue weighted by Gasteiger charge is 2.38. The summed E-state index contributed by atoms with van der Waals surface area (Å²) in [5.74, 6) is 2.62. The van der Waals surface area contributed by atoms with Gasteiger partial charge in [-0.25, -0.2) is 17.7 Å². The first-order chi connectivity index (χ1) is 12.4. The lowest BCUT2D eigenvalue weighted by molar-refractivity contribution is 0.239. The summed E-state index contributed by atoms with van der Waals surface area (Å²) in [6.07, 6.45) is 4.21. The lowest BCUT2D eigenvalue weighted by Crippen LogP contribution is -2.44. The van der Waals surface area contributed by atoms with Crippen LogP contribution in [0, 0.1) is 11.8 Å². The van der Waals surface area contributed by atoms with Crippen LogP contribution in [0.1, 0.15) is 25.8 Å². The van der Waals surface area contributed by atoms with E-state index >= 15 is 0 Å². The van der Waals surface area contributed by atoms with Crippen molar-refractivity contribution in [2.24, 2.45) is 11.8 Å². The predicted octanol–water partition coefficient (Wildman–Crippen LogP) is 1.67. The number of hydrogen-bond acceptors (Lipinski definition) is 5. The molecule has 2 unspecified atom stereocenters. The van der Waals surface area contributed by atoms with Crippen molar-refractivity contribution < 1.29 is 18.1 Å². The molecule has 2 aliphatic rings. The molecule has 9 heteroatoms. The molecule has 26 heavy (non-hydrogen) atoms. The molecule has 0 radical (unpaired) electrons. The number of sulfonamides is 1. The third-order valence-corrected chi connectivity index (χ3v) is 7.34. The van der Waals surface area contributed by atoms with Crippen LogP contribution in [0.3, 0.4) is 0 Å². The molecule has 7 nitrogen and oxygen atoms in total. The Balaban J connectivity index is 1.80. The first kappa shape index (κ1) is 17.6. The van der Waals surface area contributed by atoms with Crippen molar-refractivity contribution in [3.05, 3.63) is 30.0 Å². The van der Waals surface area contributed by atoms with E-state index in [1.807, 2.05) is 12.3 Å². The van der Waals surface area contributed by atoms with Gasteiger partial charge in [-0.05, 0) is 36.9 Å². The van der Waals surface area contributed by atoms with Crippen LogP contribution in [-0.2, 0) is 10.0 Å². The van der Waals surface area contributed by atoms with Gasteiger partial charge in [0.25, 0.3) is 0 Å². The van der Waals surface area contributed by atoms with Crippen molar-refractivity contribution in [3.63, 3.8) is 0 Å². The first-order valence-corrected chi connectivity index (χ1v) is 10.5. The number of aromatic amines is 1.